The Hall–Kier alpha value is -1.13. The van der Waals surface area contributed by atoms with Gasteiger partial charge in [0.05, 0.1) is 11.4 Å². The van der Waals surface area contributed by atoms with Crippen LogP contribution in [0.2, 0.25) is 0 Å². The summed E-state index contributed by atoms with van der Waals surface area (Å²) in [7, 11) is 1.93. The largest absolute Gasteiger partial charge is 0.367 e. The molecule has 0 saturated heterocycles. The number of nitrogens with zero attached hydrogens (tertiary/aromatic N) is 1. The lowest BCUT2D eigenvalue weighted by atomic mass is 10.2. The highest BCUT2D eigenvalue weighted by Gasteiger charge is 2.13. The van der Waals surface area contributed by atoms with Crippen molar-refractivity contribution in [3.63, 3.8) is 0 Å². The first-order valence-corrected chi connectivity index (χ1v) is 6.88. The molecule has 0 aliphatic carbocycles. The highest BCUT2D eigenvalue weighted by molar-refractivity contribution is 9.10. The molecule has 0 aliphatic heterocycles. The summed E-state index contributed by atoms with van der Waals surface area (Å²) in [6.07, 6.45) is 0. The maximum absolute atomic E-state index is 12.0. The van der Waals surface area contributed by atoms with Gasteiger partial charge in [0.2, 0.25) is 0 Å². The van der Waals surface area contributed by atoms with E-state index in [4.69, 9.17) is 0 Å². The van der Waals surface area contributed by atoms with Crippen molar-refractivity contribution in [3.8, 4) is 0 Å². The van der Waals surface area contributed by atoms with Crippen LogP contribution in [0.1, 0.15) is 9.67 Å². The van der Waals surface area contributed by atoms with Gasteiger partial charge in [0.15, 0.2) is 5.78 Å². The first kappa shape index (κ1) is 12.3. The molecule has 0 amide bonds. The number of para-hydroxylation sites is 1. The summed E-state index contributed by atoms with van der Waals surface area (Å²) in [6, 6.07) is 11.8. The van der Waals surface area contributed by atoms with Crippen LogP contribution >= 0.6 is 27.3 Å². The quantitative estimate of drug-likeness (QED) is 0.800. The predicted octanol–water partition coefficient (Wildman–Crippen LogP) is 3.83. The average molecular weight is 310 g/mol. The van der Waals surface area contributed by atoms with E-state index in [-0.39, 0.29) is 5.78 Å². The number of thiophene rings is 1. The number of halogens is 1. The minimum atomic E-state index is 0.137. The molecule has 0 aliphatic rings. The first-order valence-electron chi connectivity index (χ1n) is 5.21. The zero-order chi connectivity index (χ0) is 12.3. The van der Waals surface area contributed by atoms with Gasteiger partial charge in [0.25, 0.3) is 0 Å². The number of anilines is 1. The molecule has 0 radical (unpaired) electrons. The van der Waals surface area contributed by atoms with Crippen molar-refractivity contribution in [2.75, 3.05) is 18.5 Å². The van der Waals surface area contributed by atoms with Gasteiger partial charge in [-0.1, -0.05) is 18.2 Å². The van der Waals surface area contributed by atoms with E-state index in [1.165, 1.54) is 11.3 Å². The molecule has 2 nitrogen and oxygen atoms in total. The number of ketones is 1. The van der Waals surface area contributed by atoms with Crippen molar-refractivity contribution < 1.29 is 4.79 Å². The Kier molecular flexibility index (Phi) is 3.97. The Morgan fingerprint density at radius 1 is 1.29 bits per heavy atom. The number of carbonyl (C=O) groups is 1. The van der Waals surface area contributed by atoms with Crippen molar-refractivity contribution in [1.29, 1.82) is 0 Å². The molecule has 0 N–H and O–H groups in total. The van der Waals surface area contributed by atoms with Crippen LogP contribution in [0.4, 0.5) is 5.69 Å². The number of benzene rings is 1. The second-order valence-corrected chi connectivity index (χ2v) is 5.48. The zero-order valence-corrected chi connectivity index (χ0v) is 11.8. The lowest BCUT2D eigenvalue weighted by molar-refractivity contribution is 0.100. The third kappa shape index (κ3) is 2.96. The topological polar surface area (TPSA) is 20.3 Å². The van der Waals surface area contributed by atoms with Crippen LogP contribution in [0.3, 0.4) is 0 Å². The Bertz CT molecular complexity index is 509. The molecule has 0 atom stereocenters. The van der Waals surface area contributed by atoms with Gasteiger partial charge in [0, 0.05) is 17.2 Å². The van der Waals surface area contributed by atoms with Crippen LogP contribution in [0, 0.1) is 0 Å². The molecule has 0 unspecified atom stereocenters. The molecule has 17 heavy (non-hydrogen) atoms. The fourth-order valence-corrected chi connectivity index (χ4v) is 3.08. The van der Waals surface area contributed by atoms with Crippen LogP contribution in [0.25, 0.3) is 0 Å². The predicted molar refractivity (Wildman–Crippen MR) is 76.1 cm³/mol. The molecule has 2 aromatic rings. The van der Waals surface area contributed by atoms with Gasteiger partial charge in [-0.25, -0.2) is 0 Å². The van der Waals surface area contributed by atoms with Gasteiger partial charge in [-0.15, -0.1) is 11.3 Å². The summed E-state index contributed by atoms with van der Waals surface area (Å²) in [5.74, 6) is 0.137. The molecular formula is C13H12BrNOS. The van der Waals surface area contributed by atoms with E-state index in [1.807, 2.05) is 53.7 Å². The molecule has 0 spiro atoms. The zero-order valence-electron chi connectivity index (χ0n) is 9.39. The Balaban J connectivity index is 2.08. The van der Waals surface area contributed by atoms with Gasteiger partial charge in [-0.3, -0.25) is 4.79 Å². The normalized spacial score (nSPS) is 10.2. The van der Waals surface area contributed by atoms with Gasteiger partial charge >= 0.3 is 0 Å². The second kappa shape index (κ2) is 5.47. The smallest absolute Gasteiger partial charge is 0.193 e. The third-order valence-electron chi connectivity index (χ3n) is 2.45. The standard InChI is InChI=1S/C13H12BrNOS/c1-15(10-5-3-2-4-6-10)9-12(16)13-11(14)7-8-17-13/h2-8H,9H2,1H3. The summed E-state index contributed by atoms with van der Waals surface area (Å²) in [5, 5.41) is 1.92. The minimum Gasteiger partial charge on any atom is -0.367 e. The summed E-state index contributed by atoms with van der Waals surface area (Å²) < 4.78 is 0.883. The molecule has 1 aromatic heterocycles. The van der Waals surface area contributed by atoms with Crippen LogP contribution < -0.4 is 4.90 Å². The lowest BCUT2D eigenvalue weighted by Gasteiger charge is -2.17. The highest BCUT2D eigenvalue weighted by Crippen LogP contribution is 2.23. The van der Waals surface area contributed by atoms with Gasteiger partial charge in [0.1, 0.15) is 0 Å². The molecule has 1 aromatic carbocycles. The molecule has 88 valence electrons. The molecule has 0 fully saturated rings. The number of likely N-dealkylation sites (N-methyl/N-ethyl adjacent to an activating group) is 1. The van der Waals surface area contributed by atoms with Crippen LogP contribution in [0.5, 0.6) is 0 Å². The fraction of sp³-hybridized carbons (Fsp3) is 0.154. The van der Waals surface area contributed by atoms with E-state index in [2.05, 4.69) is 15.9 Å². The average Bonchev–Trinajstić information content (AvgIpc) is 2.76. The number of hydrogen-bond acceptors (Lipinski definition) is 3. The van der Waals surface area contributed by atoms with E-state index in [1.54, 1.807) is 0 Å². The van der Waals surface area contributed by atoms with Crippen molar-refractivity contribution >= 4 is 38.7 Å². The molecular weight excluding hydrogens is 298 g/mol. The molecule has 2 rings (SSSR count). The van der Waals surface area contributed by atoms with Crippen LogP contribution in [-0.4, -0.2) is 19.4 Å². The lowest BCUT2D eigenvalue weighted by Crippen LogP contribution is -2.25. The summed E-state index contributed by atoms with van der Waals surface area (Å²) >= 11 is 4.86. The van der Waals surface area contributed by atoms with Crippen molar-refractivity contribution in [2.45, 2.75) is 0 Å². The summed E-state index contributed by atoms with van der Waals surface area (Å²) in [5.41, 5.74) is 1.05. The second-order valence-electron chi connectivity index (χ2n) is 3.71. The number of rotatable bonds is 4. The van der Waals surface area contributed by atoms with E-state index in [9.17, 15) is 4.79 Å². The van der Waals surface area contributed by atoms with E-state index < -0.39 is 0 Å². The Morgan fingerprint density at radius 3 is 2.59 bits per heavy atom. The number of carbonyl (C=O) groups excluding carboxylic acids is 1. The molecule has 0 saturated carbocycles. The number of Topliss-reactive ketones (excluding diaryl/α,β-unsaturated/α-hetero) is 1. The molecule has 4 heteroatoms. The number of hydrogen-bond donors (Lipinski definition) is 0. The fourth-order valence-electron chi connectivity index (χ4n) is 1.55. The Morgan fingerprint density at radius 2 is 2.00 bits per heavy atom. The maximum atomic E-state index is 12.0. The molecule has 0 bridgehead atoms. The van der Waals surface area contributed by atoms with Crippen molar-refractivity contribution in [3.05, 3.63) is 51.1 Å². The summed E-state index contributed by atoms with van der Waals surface area (Å²) in [6.45, 7) is 0.392. The first-order chi connectivity index (χ1) is 8.18. The molecule has 1 heterocycles. The van der Waals surface area contributed by atoms with Gasteiger partial charge in [-0.05, 0) is 39.5 Å². The van der Waals surface area contributed by atoms with Crippen molar-refractivity contribution in [1.82, 2.24) is 0 Å². The van der Waals surface area contributed by atoms with E-state index >= 15 is 0 Å². The Labute approximate surface area is 113 Å². The summed E-state index contributed by atoms with van der Waals surface area (Å²) in [4.78, 5) is 14.8. The minimum absolute atomic E-state index is 0.137. The van der Waals surface area contributed by atoms with E-state index in [0.717, 1.165) is 15.0 Å². The van der Waals surface area contributed by atoms with E-state index in [0.29, 0.717) is 6.54 Å². The van der Waals surface area contributed by atoms with Crippen LogP contribution in [0.15, 0.2) is 46.3 Å². The monoisotopic (exact) mass is 309 g/mol. The SMILES string of the molecule is CN(CC(=O)c1sccc1Br)c1ccccc1. The van der Waals surface area contributed by atoms with Gasteiger partial charge < -0.3 is 4.90 Å². The highest BCUT2D eigenvalue weighted by atomic mass is 79.9. The van der Waals surface area contributed by atoms with Crippen LogP contribution in [-0.2, 0) is 0 Å². The van der Waals surface area contributed by atoms with Gasteiger partial charge in [-0.2, -0.15) is 0 Å². The van der Waals surface area contributed by atoms with Crippen molar-refractivity contribution in [2.24, 2.45) is 0 Å². The maximum Gasteiger partial charge on any atom is 0.193 e. The third-order valence-corrected chi connectivity index (χ3v) is 4.33.